The normalized spacial score (nSPS) is 16.6. The largest absolute Gasteiger partial charge is 0.351 e. The van der Waals surface area contributed by atoms with Crippen molar-refractivity contribution >= 4 is 17.5 Å². The number of hydrogen-bond acceptors (Lipinski definition) is 5. The van der Waals surface area contributed by atoms with Crippen LogP contribution in [0.2, 0.25) is 5.02 Å². The van der Waals surface area contributed by atoms with Gasteiger partial charge in [0.2, 0.25) is 17.6 Å². The van der Waals surface area contributed by atoms with E-state index in [0.717, 1.165) is 31.5 Å². The van der Waals surface area contributed by atoms with Gasteiger partial charge in [-0.3, -0.25) is 9.69 Å². The number of hydrogen-bond donors (Lipinski definition) is 1. The summed E-state index contributed by atoms with van der Waals surface area (Å²) in [4.78, 5) is 19.0. The fraction of sp³-hybridized carbons (Fsp3) is 0.526. The first kappa shape index (κ1) is 18.9. The highest BCUT2D eigenvalue weighted by Gasteiger charge is 2.28. The minimum Gasteiger partial charge on any atom is -0.351 e. The number of benzene rings is 1. The second kappa shape index (κ2) is 7.76. The van der Waals surface area contributed by atoms with Crippen LogP contribution >= 0.6 is 11.6 Å². The predicted molar refractivity (Wildman–Crippen MR) is 101 cm³/mol. The van der Waals surface area contributed by atoms with Crippen molar-refractivity contribution in [1.29, 1.82) is 0 Å². The molecule has 1 aromatic heterocycles. The van der Waals surface area contributed by atoms with Gasteiger partial charge in [0, 0.05) is 17.0 Å². The Balaban J connectivity index is 1.54. The van der Waals surface area contributed by atoms with E-state index in [1.54, 1.807) is 6.07 Å². The van der Waals surface area contributed by atoms with Gasteiger partial charge in [0.1, 0.15) is 0 Å². The van der Waals surface area contributed by atoms with Crippen LogP contribution in [-0.2, 0) is 11.3 Å². The van der Waals surface area contributed by atoms with Crippen LogP contribution in [0.3, 0.4) is 0 Å². The Morgan fingerprint density at radius 3 is 2.65 bits per heavy atom. The lowest BCUT2D eigenvalue weighted by molar-refractivity contribution is -0.127. The molecule has 0 bridgehead atoms. The second-order valence-corrected chi connectivity index (χ2v) is 8.19. The van der Waals surface area contributed by atoms with Crippen LogP contribution in [0.1, 0.15) is 39.5 Å². The summed E-state index contributed by atoms with van der Waals surface area (Å²) in [7, 11) is 0. The highest BCUT2D eigenvalue weighted by molar-refractivity contribution is 6.33. The lowest BCUT2D eigenvalue weighted by atomic mass is 9.94. The smallest absolute Gasteiger partial charge is 0.241 e. The molecule has 1 N–H and O–H groups in total. The molecule has 6 nitrogen and oxygen atoms in total. The van der Waals surface area contributed by atoms with Gasteiger partial charge in [-0.05, 0) is 58.8 Å². The Bertz CT molecular complexity index is 761. The maximum absolute atomic E-state index is 12.3. The van der Waals surface area contributed by atoms with E-state index >= 15 is 0 Å². The molecule has 7 heteroatoms. The Labute approximate surface area is 158 Å². The molecule has 1 aliphatic heterocycles. The highest BCUT2D eigenvalue weighted by Crippen LogP contribution is 2.25. The number of halogens is 1. The molecule has 1 aromatic carbocycles. The third-order valence-electron chi connectivity index (χ3n) is 4.40. The van der Waals surface area contributed by atoms with Gasteiger partial charge in [-0.2, -0.15) is 4.98 Å². The zero-order valence-electron chi connectivity index (χ0n) is 15.5. The van der Waals surface area contributed by atoms with E-state index in [0.29, 0.717) is 23.3 Å². The topological polar surface area (TPSA) is 71.3 Å². The number of carbonyl (C=O) groups excluding carboxylic acids is 1. The Morgan fingerprint density at radius 1 is 1.31 bits per heavy atom. The fourth-order valence-electron chi connectivity index (χ4n) is 3.09. The van der Waals surface area contributed by atoms with Crippen LogP contribution in [0, 0.1) is 5.92 Å². The van der Waals surface area contributed by atoms with Crippen LogP contribution in [0.4, 0.5) is 0 Å². The van der Waals surface area contributed by atoms with Crippen molar-refractivity contribution < 1.29 is 9.32 Å². The molecule has 0 spiro atoms. The number of rotatable bonds is 4. The van der Waals surface area contributed by atoms with E-state index in [-0.39, 0.29) is 17.4 Å². The van der Waals surface area contributed by atoms with Gasteiger partial charge in [-0.15, -0.1) is 0 Å². The Hall–Kier alpha value is -1.92. The maximum Gasteiger partial charge on any atom is 0.241 e. The van der Waals surface area contributed by atoms with E-state index in [2.05, 4.69) is 20.4 Å². The number of nitrogens with zero attached hydrogens (tertiary/aromatic N) is 3. The summed E-state index contributed by atoms with van der Waals surface area (Å²) >= 11 is 6.18. The van der Waals surface area contributed by atoms with Crippen molar-refractivity contribution in [3.63, 3.8) is 0 Å². The molecule has 0 aliphatic carbocycles. The zero-order chi connectivity index (χ0) is 18.7. The van der Waals surface area contributed by atoms with Crippen molar-refractivity contribution in [2.75, 3.05) is 13.1 Å². The molecule has 1 saturated heterocycles. The summed E-state index contributed by atoms with van der Waals surface area (Å²) in [6.07, 6.45) is 1.68. The van der Waals surface area contributed by atoms with Crippen molar-refractivity contribution in [2.45, 2.75) is 45.7 Å². The first-order valence-electron chi connectivity index (χ1n) is 8.94. The predicted octanol–water partition coefficient (Wildman–Crippen LogP) is 3.52. The van der Waals surface area contributed by atoms with Crippen molar-refractivity contribution in [2.24, 2.45) is 5.92 Å². The summed E-state index contributed by atoms with van der Waals surface area (Å²) in [5.74, 6) is 1.30. The van der Waals surface area contributed by atoms with Crippen molar-refractivity contribution in [3.05, 3.63) is 35.2 Å². The van der Waals surface area contributed by atoms with Crippen molar-refractivity contribution in [1.82, 2.24) is 20.4 Å². The first-order chi connectivity index (χ1) is 12.3. The van der Waals surface area contributed by atoms with Gasteiger partial charge in [0.15, 0.2) is 0 Å². The zero-order valence-corrected chi connectivity index (χ0v) is 16.2. The Kier molecular flexibility index (Phi) is 5.63. The fourth-order valence-corrected chi connectivity index (χ4v) is 3.31. The quantitative estimate of drug-likeness (QED) is 0.883. The molecule has 0 saturated carbocycles. The summed E-state index contributed by atoms with van der Waals surface area (Å²) < 4.78 is 5.38. The number of aromatic nitrogens is 2. The minimum absolute atomic E-state index is 0.0758. The summed E-state index contributed by atoms with van der Waals surface area (Å²) in [6, 6.07) is 7.44. The maximum atomic E-state index is 12.3. The molecule has 0 radical (unpaired) electrons. The number of piperidine rings is 1. The van der Waals surface area contributed by atoms with E-state index < -0.39 is 0 Å². The molecular formula is C19H25ClN4O2. The molecule has 140 valence electrons. The van der Waals surface area contributed by atoms with Crippen LogP contribution in [0.15, 0.2) is 28.8 Å². The van der Waals surface area contributed by atoms with Gasteiger partial charge in [-0.1, -0.05) is 28.9 Å². The van der Waals surface area contributed by atoms with Crippen molar-refractivity contribution in [3.8, 4) is 11.4 Å². The van der Waals surface area contributed by atoms with E-state index in [1.165, 1.54) is 0 Å². The third-order valence-corrected chi connectivity index (χ3v) is 4.73. The number of likely N-dealkylation sites (tertiary alicyclic amines) is 1. The second-order valence-electron chi connectivity index (χ2n) is 7.78. The van der Waals surface area contributed by atoms with Gasteiger partial charge in [0.25, 0.3) is 0 Å². The molecule has 0 atom stereocenters. The molecule has 3 rings (SSSR count). The molecule has 2 aromatic rings. The molecule has 1 amide bonds. The number of nitrogens with one attached hydrogen (secondary N) is 1. The molecular weight excluding hydrogens is 352 g/mol. The lowest BCUT2D eigenvalue weighted by Gasteiger charge is -2.32. The van der Waals surface area contributed by atoms with Gasteiger partial charge >= 0.3 is 0 Å². The molecule has 1 fully saturated rings. The average Bonchev–Trinajstić information content (AvgIpc) is 3.02. The lowest BCUT2D eigenvalue weighted by Crippen LogP contribution is -2.46. The summed E-state index contributed by atoms with van der Waals surface area (Å²) in [5, 5.41) is 7.71. The standard InChI is InChI=1S/C19H25ClN4O2/c1-19(2,3)22-18(25)13-8-10-24(11-9-13)12-16-21-17(23-26-16)14-6-4-5-7-15(14)20/h4-7,13H,8-12H2,1-3H3,(H,22,25). The highest BCUT2D eigenvalue weighted by atomic mass is 35.5. The number of carbonyl (C=O) groups is 1. The summed E-state index contributed by atoms with van der Waals surface area (Å²) in [5.41, 5.74) is 0.578. The molecule has 26 heavy (non-hydrogen) atoms. The van der Waals surface area contributed by atoms with Gasteiger partial charge < -0.3 is 9.84 Å². The molecule has 2 heterocycles. The van der Waals surface area contributed by atoms with Crippen LogP contribution in [0.25, 0.3) is 11.4 Å². The van der Waals surface area contributed by atoms with E-state index in [1.807, 2.05) is 39.0 Å². The third kappa shape index (κ3) is 4.83. The first-order valence-corrected chi connectivity index (χ1v) is 9.31. The van der Waals surface area contributed by atoms with Gasteiger partial charge in [-0.25, -0.2) is 0 Å². The van der Waals surface area contributed by atoms with Gasteiger partial charge in [0.05, 0.1) is 11.6 Å². The number of amides is 1. The minimum atomic E-state index is -0.187. The van der Waals surface area contributed by atoms with E-state index in [4.69, 9.17) is 16.1 Å². The van der Waals surface area contributed by atoms with Crippen LogP contribution in [-0.4, -0.2) is 39.6 Å². The summed E-state index contributed by atoms with van der Waals surface area (Å²) in [6.45, 7) is 8.29. The van der Waals surface area contributed by atoms with Crippen LogP contribution < -0.4 is 5.32 Å². The average molecular weight is 377 g/mol. The molecule has 0 unspecified atom stereocenters. The van der Waals surface area contributed by atoms with Crippen LogP contribution in [0.5, 0.6) is 0 Å². The SMILES string of the molecule is CC(C)(C)NC(=O)C1CCN(Cc2nc(-c3ccccc3Cl)no2)CC1. The Morgan fingerprint density at radius 2 is 2.00 bits per heavy atom. The monoisotopic (exact) mass is 376 g/mol. The molecule has 1 aliphatic rings. The van der Waals surface area contributed by atoms with E-state index in [9.17, 15) is 4.79 Å².